The van der Waals surface area contributed by atoms with E-state index in [-0.39, 0.29) is 59.1 Å². The third-order valence-electron chi connectivity index (χ3n) is 2.85. The summed E-state index contributed by atoms with van der Waals surface area (Å²) in [5.41, 5.74) is 2.53. The Hall–Kier alpha value is 0.0400. The summed E-state index contributed by atoms with van der Waals surface area (Å²) in [7, 11) is 0. The van der Waals surface area contributed by atoms with E-state index in [1.54, 1.807) is 24.3 Å². The third kappa shape index (κ3) is 10.7. The number of hydrogen-bond acceptors (Lipinski definition) is 2. The van der Waals surface area contributed by atoms with Gasteiger partial charge in [0, 0.05) is 0 Å². The van der Waals surface area contributed by atoms with Crippen molar-refractivity contribution in [3.63, 3.8) is 0 Å². The van der Waals surface area contributed by atoms with E-state index >= 15 is 0 Å². The van der Waals surface area contributed by atoms with Crippen LogP contribution in [-0.4, -0.2) is 10.2 Å². The normalized spacial score (nSPS) is 8.82. The van der Waals surface area contributed by atoms with Crippen LogP contribution in [0, 0.1) is 6.42 Å². The molecule has 4 heteroatoms. The third-order valence-corrected chi connectivity index (χ3v) is 2.85. The van der Waals surface area contributed by atoms with E-state index in [9.17, 15) is 0 Å². The van der Waals surface area contributed by atoms with Crippen molar-refractivity contribution in [3.05, 3.63) is 66.1 Å². The fourth-order valence-corrected chi connectivity index (χ4v) is 1.82. The van der Waals surface area contributed by atoms with Crippen molar-refractivity contribution in [3.8, 4) is 11.5 Å². The largest absolute Gasteiger partial charge is 1.00 e. The van der Waals surface area contributed by atoms with E-state index in [1.807, 2.05) is 31.2 Å². The zero-order chi connectivity index (χ0) is 14.8. The van der Waals surface area contributed by atoms with E-state index in [0.717, 1.165) is 19.3 Å². The first-order chi connectivity index (χ1) is 9.65. The molecule has 108 valence electrons. The number of aromatic hydroxyl groups is 2. The molecular weight excluding hydrogens is 294 g/mol. The van der Waals surface area contributed by atoms with Gasteiger partial charge in [-0.05, 0) is 36.2 Å². The molecule has 22 heavy (non-hydrogen) atoms. The van der Waals surface area contributed by atoms with Crippen molar-refractivity contribution < 1.29 is 69.3 Å². The second-order valence-corrected chi connectivity index (χ2v) is 4.70. The summed E-state index contributed by atoms with van der Waals surface area (Å²) in [4.78, 5) is 0. The van der Waals surface area contributed by atoms with Crippen LogP contribution in [0.1, 0.15) is 31.4 Å². The molecule has 2 aromatic carbocycles. The van der Waals surface area contributed by atoms with Gasteiger partial charge in [-0.3, -0.25) is 0 Å². The Bertz CT molecular complexity index is 434. The maximum atomic E-state index is 8.92. The fraction of sp³-hybridized carbons (Fsp3) is 0.278. The molecule has 0 radical (unpaired) electrons. The quantitative estimate of drug-likeness (QED) is 0.533. The molecule has 0 heterocycles. The number of hydrogen-bond donors (Lipinski definition) is 2. The van der Waals surface area contributed by atoms with Crippen LogP contribution >= 0.6 is 0 Å². The van der Waals surface area contributed by atoms with E-state index in [2.05, 4.69) is 13.3 Å². The SMILES string of the molecule is CCCc1ccc(O)cc1.C[CH-]Cc1ccc(O)cc1.[Na+].[Na+]. The minimum atomic E-state index is 0. The van der Waals surface area contributed by atoms with E-state index in [4.69, 9.17) is 10.2 Å². The van der Waals surface area contributed by atoms with Crippen LogP contribution in [0.15, 0.2) is 48.5 Å². The van der Waals surface area contributed by atoms with Gasteiger partial charge in [0.15, 0.2) is 0 Å². The summed E-state index contributed by atoms with van der Waals surface area (Å²) in [6, 6.07) is 14.6. The second-order valence-electron chi connectivity index (χ2n) is 4.70. The van der Waals surface area contributed by atoms with Gasteiger partial charge >= 0.3 is 59.1 Å². The zero-order valence-corrected chi connectivity index (χ0v) is 18.2. The number of phenols is 2. The molecule has 0 saturated carbocycles. The molecule has 0 saturated heterocycles. The molecule has 0 atom stereocenters. The second kappa shape index (κ2) is 14.6. The maximum Gasteiger partial charge on any atom is 1.00 e. The molecule has 2 nitrogen and oxygen atoms in total. The first-order valence-corrected chi connectivity index (χ1v) is 6.99. The average Bonchev–Trinajstić information content (AvgIpc) is 2.45. The Morgan fingerprint density at radius 2 is 1.18 bits per heavy atom. The molecule has 0 spiro atoms. The summed E-state index contributed by atoms with van der Waals surface area (Å²) in [5, 5.41) is 17.8. The summed E-state index contributed by atoms with van der Waals surface area (Å²) in [6.45, 7) is 4.17. The summed E-state index contributed by atoms with van der Waals surface area (Å²) < 4.78 is 0. The topological polar surface area (TPSA) is 40.5 Å². The molecule has 0 fully saturated rings. The van der Waals surface area contributed by atoms with Crippen LogP contribution in [0.4, 0.5) is 0 Å². The molecule has 0 aliphatic carbocycles. The molecule has 2 N–H and O–H groups in total. The molecular formula is C18H23Na2O2+. The predicted octanol–water partition coefficient (Wildman–Crippen LogP) is -1.49. The molecule has 0 bridgehead atoms. The van der Waals surface area contributed by atoms with Crippen LogP contribution in [0.3, 0.4) is 0 Å². The fourth-order valence-electron chi connectivity index (χ4n) is 1.82. The zero-order valence-electron chi connectivity index (χ0n) is 14.2. The van der Waals surface area contributed by atoms with Crippen molar-refractivity contribution in [2.24, 2.45) is 0 Å². The average molecular weight is 317 g/mol. The maximum absolute atomic E-state index is 8.92. The van der Waals surface area contributed by atoms with Crippen molar-refractivity contribution in [2.75, 3.05) is 0 Å². The molecule has 2 aromatic rings. The van der Waals surface area contributed by atoms with Gasteiger partial charge in [-0.25, -0.2) is 0 Å². The molecule has 0 amide bonds. The minimum absolute atomic E-state index is 0. The van der Waals surface area contributed by atoms with Crippen molar-refractivity contribution in [2.45, 2.75) is 33.1 Å². The van der Waals surface area contributed by atoms with Gasteiger partial charge in [0.2, 0.25) is 0 Å². The minimum Gasteiger partial charge on any atom is -0.508 e. The number of benzene rings is 2. The van der Waals surface area contributed by atoms with Crippen LogP contribution in [0.2, 0.25) is 0 Å². The van der Waals surface area contributed by atoms with E-state index in [0.29, 0.717) is 11.5 Å². The smallest absolute Gasteiger partial charge is 0.508 e. The van der Waals surface area contributed by atoms with Crippen molar-refractivity contribution >= 4 is 0 Å². The Kier molecular flexibility index (Phi) is 16.1. The van der Waals surface area contributed by atoms with Crippen LogP contribution < -0.4 is 59.1 Å². The first-order valence-electron chi connectivity index (χ1n) is 6.99. The standard InChI is InChI=1S/C9H12O.C9H11O.2Na/c2*1-2-3-8-4-6-9(10)7-5-8;;/h4-7,10H,2-3H2,1H3;2,4-7,10H,3H2,1H3;;/q;-1;2*+1. The Balaban J connectivity index is 0. The summed E-state index contributed by atoms with van der Waals surface area (Å²) in [6.07, 6.45) is 5.32. The van der Waals surface area contributed by atoms with Gasteiger partial charge in [-0.1, -0.05) is 43.2 Å². The molecule has 0 aliphatic rings. The predicted molar refractivity (Wildman–Crippen MR) is 83.9 cm³/mol. The Morgan fingerprint density at radius 1 is 0.773 bits per heavy atom. The van der Waals surface area contributed by atoms with Gasteiger partial charge in [0.05, 0.1) is 0 Å². The molecule has 0 aliphatic heterocycles. The van der Waals surface area contributed by atoms with E-state index in [1.165, 1.54) is 11.1 Å². The van der Waals surface area contributed by atoms with Gasteiger partial charge in [0.1, 0.15) is 11.5 Å². The van der Waals surface area contributed by atoms with Crippen LogP contribution in [-0.2, 0) is 12.8 Å². The first kappa shape index (κ1) is 24.3. The number of aryl methyl sites for hydroxylation is 1. The van der Waals surface area contributed by atoms with Gasteiger partial charge in [0.25, 0.3) is 0 Å². The van der Waals surface area contributed by atoms with E-state index < -0.39 is 0 Å². The number of phenolic OH excluding ortho intramolecular Hbond substituents is 2. The van der Waals surface area contributed by atoms with Crippen molar-refractivity contribution in [1.82, 2.24) is 0 Å². The molecule has 0 aromatic heterocycles. The van der Waals surface area contributed by atoms with Crippen LogP contribution in [0.25, 0.3) is 0 Å². The monoisotopic (exact) mass is 317 g/mol. The summed E-state index contributed by atoms with van der Waals surface area (Å²) >= 11 is 0. The molecule has 0 unspecified atom stereocenters. The Labute approximate surface area is 178 Å². The number of rotatable bonds is 4. The Morgan fingerprint density at radius 3 is 1.55 bits per heavy atom. The van der Waals surface area contributed by atoms with Crippen molar-refractivity contribution in [1.29, 1.82) is 0 Å². The van der Waals surface area contributed by atoms with Gasteiger partial charge < -0.3 is 16.6 Å². The summed E-state index contributed by atoms with van der Waals surface area (Å²) in [5.74, 6) is 0.680. The molecule has 2 rings (SSSR count). The van der Waals surface area contributed by atoms with Crippen LogP contribution in [0.5, 0.6) is 11.5 Å². The van der Waals surface area contributed by atoms with Gasteiger partial charge in [-0.15, -0.1) is 0 Å². The van der Waals surface area contributed by atoms with Gasteiger partial charge in [-0.2, -0.15) is 13.3 Å².